The first kappa shape index (κ1) is 23.3. The van der Waals surface area contributed by atoms with E-state index >= 15 is 0 Å². The van der Waals surface area contributed by atoms with E-state index in [4.69, 9.17) is 4.74 Å². The molecule has 2 aliphatic rings. The van der Waals surface area contributed by atoms with Crippen molar-refractivity contribution in [2.75, 3.05) is 6.54 Å². The predicted octanol–water partition coefficient (Wildman–Crippen LogP) is 3.21. The molecular formula is C27H25N3O6. The van der Waals surface area contributed by atoms with Gasteiger partial charge in [-0.25, -0.2) is 4.98 Å². The van der Waals surface area contributed by atoms with E-state index in [1.54, 1.807) is 20.2 Å². The monoisotopic (exact) mass is 487 g/mol. The van der Waals surface area contributed by atoms with Crippen LogP contribution in [0.2, 0.25) is 0 Å². The first-order valence-electron chi connectivity index (χ1n) is 11.5. The number of hydrogen-bond donors (Lipinski definition) is 3. The number of aromatic hydroxyl groups is 2. The third-order valence-corrected chi connectivity index (χ3v) is 7.03. The number of carbonyl (C=O) groups is 3. The molecular weight excluding hydrogens is 462 g/mol. The summed E-state index contributed by atoms with van der Waals surface area (Å²) in [7, 11) is 0. The number of para-hydroxylation sites is 2. The average molecular weight is 488 g/mol. The van der Waals surface area contributed by atoms with Gasteiger partial charge in [0, 0.05) is 30.4 Å². The highest BCUT2D eigenvalue weighted by Gasteiger charge is 2.56. The molecule has 1 aromatic heterocycles. The normalized spacial score (nSPS) is 20.1. The second-order valence-corrected chi connectivity index (χ2v) is 9.24. The van der Waals surface area contributed by atoms with Gasteiger partial charge >= 0.3 is 0 Å². The average Bonchev–Trinajstić information content (AvgIpc) is 3.37. The number of nitrogens with zero attached hydrogens (tertiary/aromatic N) is 2. The molecule has 0 saturated carbocycles. The number of phenolic OH excluding ortho intramolecular Hbond substituents is 2. The number of nitrogens with one attached hydrogen (secondary N) is 1. The van der Waals surface area contributed by atoms with E-state index in [9.17, 15) is 24.6 Å². The van der Waals surface area contributed by atoms with Crippen LogP contribution in [-0.2, 0) is 21.5 Å². The summed E-state index contributed by atoms with van der Waals surface area (Å²) in [4.78, 5) is 43.5. The van der Waals surface area contributed by atoms with Crippen molar-refractivity contribution >= 4 is 28.4 Å². The molecule has 2 heterocycles. The second-order valence-electron chi connectivity index (χ2n) is 9.24. The first-order chi connectivity index (χ1) is 17.1. The van der Waals surface area contributed by atoms with Crippen LogP contribution in [-0.4, -0.2) is 43.7 Å². The van der Waals surface area contributed by atoms with Crippen LogP contribution in [0.4, 0.5) is 0 Å². The van der Waals surface area contributed by atoms with Gasteiger partial charge in [-0.05, 0) is 39.8 Å². The smallest absolute Gasteiger partial charge is 0.194 e. The van der Waals surface area contributed by atoms with Crippen molar-refractivity contribution < 1.29 is 29.3 Å². The van der Waals surface area contributed by atoms with Gasteiger partial charge in [0.15, 0.2) is 17.3 Å². The summed E-state index contributed by atoms with van der Waals surface area (Å²) in [6, 6.07) is 7.74. The summed E-state index contributed by atoms with van der Waals surface area (Å²) in [6.45, 7) is 6.89. The summed E-state index contributed by atoms with van der Waals surface area (Å²) in [6.07, 6.45) is 2.95. The predicted molar refractivity (Wildman–Crippen MR) is 131 cm³/mol. The summed E-state index contributed by atoms with van der Waals surface area (Å²) in [5, 5.41) is 24.5. The quantitative estimate of drug-likeness (QED) is 0.284. The maximum absolute atomic E-state index is 13.8. The Morgan fingerprint density at radius 2 is 1.89 bits per heavy atom. The minimum absolute atomic E-state index is 0.0109. The Balaban J connectivity index is 1.51. The Kier molecular flexibility index (Phi) is 5.24. The molecule has 0 bridgehead atoms. The van der Waals surface area contributed by atoms with Crippen molar-refractivity contribution in [1.29, 1.82) is 0 Å². The number of aromatic nitrogens is 2. The van der Waals surface area contributed by atoms with E-state index in [0.29, 0.717) is 18.8 Å². The third-order valence-electron chi connectivity index (χ3n) is 7.03. The van der Waals surface area contributed by atoms with Crippen molar-refractivity contribution in [2.45, 2.75) is 39.7 Å². The minimum atomic E-state index is -1.53. The molecule has 184 valence electrons. The lowest BCUT2D eigenvalue weighted by Crippen LogP contribution is -2.41. The van der Waals surface area contributed by atoms with Crippen LogP contribution >= 0.6 is 0 Å². The molecule has 36 heavy (non-hydrogen) atoms. The topological polar surface area (TPSA) is 131 Å². The van der Waals surface area contributed by atoms with Gasteiger partial charge < -0.3 is 24.8 Å². The van der Waals surface area contributed by atoms with E-state index in [0.717, 1.165) is 11.0 Å². The Morgan fingerprint density at radius 1 is 1.17 bits per heavy atom. The number of rotatable bonds is 5. The van der Waals surface area contributed by atoms with Crippen LogP contribution in [0, 0.1) is 6.92 Å². The number of imidazole rings is 1. The van der Waals surface area contributed by atoms with Crippen LogP contribution in [0.5, 0.6) is 17.2 Å². The SMILES string of the molecule is CC(=O)c1c(O)c(C)c(O)c2c1OC1=CC(=O)/C(=C(/C)NCCn3cnc4ccccc43)C(=O)[C@]12C. The molecule has 3 aromatic rings. The maximum atomic E-state index is 13.8. The lowest BCUT2D eigenvalue weighted by atomic mass is 9.70. The largest absolute Gasteiger partial charge is 0.507 e. The molecule has 0 unspecified atom stereocenters. The van der Waals surface area contributed by atoms with Crippen molar-refractivity contribution in [3.05, 3.63) is 70.4 Å². The van der Waals surface area contributed by atoms with Gasteiger partial charge in [0.1, 0.15) is 34.0 Å². The number of phenols is 2. The van der Waals surface area contributed by atoms with E-state index in [-0.39, 0.29) is 39.5 Å². The fourth-order valence-electron chi connectivity index (χ4n) is 5.00. The van der Waals surface area contributed by atoms with E-state index in [1.165, 1.54) is 19.9 Å². The molecule has 5 rings (SSSR count). The fourth-order valence-corrected chi connectivity index (χ4v) is 5.00. The number of benzene rings is 2. The van der Waals surface area contributed by atoms with Crippen LogP contribution in [0.25, 0.3) is 11.0 Å². The molecule has 0 saturated heterocycles. The van der Waals surface area contributed by atoms with E-state index in [1.807, 2.05) is 28.8 Å². The molecule has 0 amide bonds. The number of hydrogen-bond acceptors (Lipinski definition) is 8. The Morgan fingerprint density at radius 3 is 2.61 bits per heavy atom. The second kappa shape index (κ2) is 8.08. The van der Waals surface area contributed by atoms with Gasteiger partial charge in [-0.3, -0.25) is 14.4 Å². The standard InChI is InChI=1S/C27H25N3O6/c1-13-23(33)21(15(3)31)25-22(24(13)34)27(4)19(36-25)11-18(32)20(26(27)35)14(2)28-9-10-30-12-29-16-7-5-6-8-17(16)30/h5-8,11-12,28,33-34H,9-10H2,1-4H3/b20-14+/t27-/m1/s1. The molecule has 9 nitrogen and oxygen atoms in total. The zero-order chi connectivity index (χ0) is 25.9. The highest BCUT2D eigenvalue weighted by Crippen LogP contribution is 2.57. The lowest BCUT2D eigenvalue weighted by molar-refractivity contribution is -0.123. The number of allylic oxidation sites excluding steroid dienone is 4. The highest BCUT2D eigenvalue weighted by molar-refractivity contribution is 6.31. The molecule has 9 heteroatoms. The number of ketones is 3. The molecule has 0 fully saturated rings. The molecule has 0 spiro atoms. The zero-order valence-corrected chi connectivity index (χ0v) is 20.3. The molecule has 1 atom stereocenters. The Hall–Kier alpha value is -4.40. The fraction of sp³-hybridized carbons (Fsp3) is 0.259. The molecule has 1 aliphatic carbocycles. The van der Waals surface area contributed by atoms with Gasteiger partial charge in [-0.1, -0.05) is 12.1 Å². The summed E-state index contributed by atoms with van der Waals surface area (Å²) < 4.78 is 7.76. The van der Waals surface area contributed by atoms with Gasteiger partial charge in [-0.2, -0.15) is 0 Å². The molecule has 0 radical (unpaired) electrons. The van der Waals surface area contributed by atoms with Crippen LogP contribution in [0.1, 0.15) is 42.3 Å². The van der Waals surface area contributed by atoms with Crippen molar-refractivity contribution in [3.8, 4) is 17.2 Å². The maximum Gasteiger partial charge on any atom is 0.194 e. The van der Waals surface area contributed by atoms with Crippen LogP contribution < -0.4 is 10.1 Å². The lowest BCUT2D eigenvalue weighted by Gasteiger charge is -2.29. The number of carbonyl (C=O) groups excluding carboxylic acids is 3. The molecule has 1 aliphatic heterocycles. The van der Waals surface area contributed by atoms with Gasteiger partial charge in [0.25, 0.3) is 0 Å². The van der Waals surface area contributed by atoms with Crippen molar-refractivity contribution in [1.82, 2.24) is 14.9 Å². The molecule has 3 N–H and O–H groups in total. The number of Topliss-reactive ketones (excluding diaryl/α,β-unsaturated/α-hetero) is 2. The zero-order valence-electron chi connectivity index (χ0n) is 20.3. The van der Waals surface area contributed by atoms with E-state index in [2.05, 4.69) is 10.3 Å². The van der Waals surface area contributed by atoms with Gasteiger partial charge in [0.05, 0.1) is 28.5 Å². The first-order valence-corrected chi connectivity index (χ1v) is 11.5. The van der Waals surface area contributed by atoms with Crippen molar-refractivity contribution in [2.24, 2.45) is 0 Å². The Labute approximate surface area is 206 Å². The van der Waals surface area contributed by atoms with Gasteiger partial charge in [-0.15, -0.1) is 0 Å². The van der Waals surface area contributed by atoms with Gasteiger partial charge in [0.2, 0.25) is 0 Å². The van der Waals surface area contributed by atoms with Crippen LogP contribution in [0.15, 0.2) is 53.7 Å². The van der Waals surface area contributed by atoms with Crippen LogP contribution in [0.3, 0.4) is 0 Å². The highest BCUT2D eigenvalue weighted by atomic mass is 16.5. The number of ether oxygens (including phenoxy) is 1. The molecule has 2 aromatic carbocycles. The third kappa shape index (κ3) is 3.16. The minimum Gasteiger partial charge on any atom is -0.507 e. The van der Waals surface area contributed by atoms with E-state index < -0.39 is 28.5 Å². The summed E-state index contributed by atoms with van der Waals surface area (Å²) in [5.41, 5.74) is 0.652. The summed E-state index contributed by atoms with van der Waals surface area (Å²) in [5.74, 6) is -2.44. The Bertz CT molecular complexity index is 1560. The number of fused-ring (bicyclic) bond motifs is 4. The van der Waals surface area contributed by atoms with Crippen molar-refractivity contribution in [3.63, 3.8) is 0 Å². The summed E-state index contributed by atoms with van der Waals surface area (Å²) >= 11 is 0.